The monoisotopic (exact) mass is 195 g/mol. The summed E-state index contributed by atoms with van der Waals surface area (Å²) in [6.07, 6.45) is 1.76. The van der Waals surface area contributed by atoms with E-state index in [1.165, 1.54) is 0 Å². The third kappa shape index (κ3) is 1.30. The van der Waals surface area contributed by atoms with Crippen molar-refractivity contribution in [1.29, 1.82) is 0 Å². The van der Waals surface area contributed by atoms with Crippen LogP contribution in [0.5, 0.6) is 0 Å². The van der Waals surface area contributed by atoms with Gasteiger partial charge in [0.1, 0.15) is 10.8 Å². The highest BCUT2D eigenvalue weighted by Gasteiger charge is 2.08. The summed E-state index contributed by atoms with van der Waals surface area (Å²) >= 11 is 6.02. The maximum absolute atomic E-state index is 6.02. The van der Waals surface area contributed by atoms with Crippen LogP contribution in [-0.2, 0) is 0 Å². The van der Waals surface area contributed by atoms with E-state index in [0.717, 1.165) is 11.3 Å². The molecular weight excluding hydrogens is 186 g/mol. The number of rotatable bonds is 1. The van der Waals surface area contributed by atoms with Crippen LogP contribution in [0.1, 0.15) is 18.7 Å². The van der Waals surface area contributed by atoms with Gasteiger partial charge < -0.3 is 5.73 Å². The van der Waals surface area contributed by atoms with E-state index in [1.807, 2.05) is 29.5 Å². The van der Waals surface area contributed by atoms with Gasteiger partial charge in [-0.2, -0.15) is 0 Å². The van der Waals surface area contributed by atoms with Gasteiger partial charge in [-0.25, -0.2) is 4.98 Å². The molecule has 0 aromatic carbocycles. The molecule has 2 aromatic heterocycles. The van der Waals surface area contributed by atoms with Gasteiger partial charge in [0, 0.05) is 6.04 Å². The average Bonchev–Trinajstić information content (AvgIpc) is 2.49. The van der Waals surface area contributed by atoms with Crippen LogP contribution < -0.4 is 5.73 Å². The number of hydrogen-bond acceptors (Lipinski definition) is 2. The number of halogens is 1. The molecule has 0 spiro atoms. The Labute approximate surface area is 81.1 Å². The van der Waals surface area contributed by atoms with E-state index in [1.54, 1.807) is 6.20 Å². The first kappa shape index (κ1) is 8.53. The molecule has 3 nitrogen and oxygen atoms in total. The summed E-state index contributed by atoms with van der Waals surface area (Å²) in [7, 11) is 0. The van der Waals surface area contributed by atoms with Gasteiger partial charge in [0.2, 0.25) is 0 Å². The second-order valence-corrected chi connectivity index (χ2v) is 3.40. The van der Waals surface area contributed by atoms with Crippen molar-refractivity contribution in [3.63, 3.8) is 0 Å². The minimum absolute atomic E-state index is 0.0603. The highest BCUT2D eigenvalue weighted by Crippen LogP contribution is 2.18. The first-order chi connectivity index (χ1) is 6.20. The van der Waals surface area contributed by atoms with Gasteiger partial charge in [-0.05, 0) is 19.1 Å². The third-order valence-corrected chi connectivity index (χ3v) is 2.27. The van der Waals surface area contributed by atoms with Crippen LogP contribution in [0.25, 0.3) is 5.65 Å². The van der Waals surface area contributed by atoms with E-state index >= 15 is 0 Å². The van der Waals surface area contributed by atoms with Gasteiger partial charge in [-0.1, -0.05) is 17.7 Å². The van der Waals surface area contributed by atoms with Crippen LogP contribution in [0.3, 0.4) is 0 Å². The van der Waals surface area contributed by atoms with Crippen molar-refractivity contribution in [2.45, 2.75) is 13.0 Å². The number of nitrogens with two attached hydrogens (primary N) is 1. The minimum atomic E-state index is -0.0603. The molecule has 2 heterocycles. The smallest absolute Gasteiger partial charge is 0.138 e. The van der Waals surface area contributed by atoms with Gasteiger partial charge >= 0.3 is 0 Å². The summed E-state index contributed by atoms with van der Waals surface area (Å²) in [6, 6.07) is 5.53. The van der Waals surface area contributed by atoms with Crippen LogP contribution >= 0.6 is 11.6 Å². The molecule has 2 rings (SSSR count). The lowest BCUT2D eigenvalue weighted by atomic mass is 10.3. The van der Waals surface area contributed by atoms with Gasteiger partial charge in [-0.15, -0.1) is 0 Å². The zero-order valence-electron chi connectivity index (χ0n) is 7.24. The lowest BCUT2D eigenvalue weighted by molar-refractivity contribution is 0.770. The van der Waals surface area contributed by atoms with E-state index < -0.39 is 0 Å². The Bertz CT molecular complexity index is 433. The summed E-state index contributed by atoms with van der Waals surface area (Å²) in [4.78, 5) is 4.20. The molecule has 68 valence electrons. The standard InChI is InChI=1S/C9H10ClN3/c1-6(11)7-5-12-9-4-2-3-8(10)13(7)9/h2-6H,11H2,1H3. The second-order valence-electron chi connectivity index (χ2n) is 3.01. The Kier molecular flexibility index (Phi) is 1.98. The minimum Gasteiger partial charge on any atom is -0.323 e. The maximum Gasteiger partial charge on any atom is 0.138 e. The zero-order valence-corrected chi connectivity index (χ0v) is 7.99. The fraction of sp³-hybridized carbons (Fsp3) is 0.222. The largest absolute Gasteiger partial charge is 0.323 e. The predicted molar refractivity (Wildman–Crippen MR) is 52.8 cm³/mol. The number of aromatic nitrogens is 2. The molecule has 0 saturated heterocycles. The molecule has 1 atom stereocenters. The first-order valence-electron chi connectivity index (χ1n) is 4.07. The molecule has 0 bridgehead atoms. The van der Waals surface area contributed by atoms with Crippen LogP contribution in [0.4, 0.5) is 0 Å². The molecule has 4 heteroatoms. The Morgan fingerprint density at radius 3 is 3.00 bits per heavy atom. The summed E-state index contributed by atoms with van der Waals surface area (Å²) < 4.78 is 1.85. The summed E-state index contributed by atoms with van der Waals surface area (Å²) in [5.41, 5.74) is 7.54. The molecule has 0 radical (unpaired) electrons. The fourth-order valence-electron chi connectivity index (χ4n) is 1.34. The Morgan fingerprint density at radius 2 is 2.31 bits per heavy atom. The van der Waals surface area contributed by atoms with E-state index in [2.05, 4.69) is 4.98 Å². The molecule has 1 unspecified atom stereocenters. The number of hydrogen-bond donors (Lipinski definition) is 1. The van der Waals surface area contributed by atoms with Gasteiger partial charge in [0.25, 0.3) is 0 Å². The number of fused-ring (bicyclic) bond motifs is 1. The molecule has 0 fully saturated rings. The lowest BCUT2D eigenvalue weighted by Gasteiger charge is -2.05. The topological polar surface area (TPSA) is 43.3 Å². The van der Waals surface area contributed by atoms with E-state index in [4.69, 9.17) is 17.3 Å². The molecule has 0 aliphatic rings. The third-order valence-electron chi connectivity index (χ3n) is 1.98. The predicted octanol–water partition coefficient (Wildman–Crippen LogP) is 2.01. The van der Waals surface area contributed by atoms with Gasteiger partial charge in [0.15, 0.2) is 0 Å². The van der Waals surface area contributed by atoms with Crippen molar-refractivity contribution >= 4 is 17.2 Å². The number of pyridine rings is 1. The second kappa shape index (κ2) is 3.01. The Morgan fingerprint density at radius 1 is 1.54 bits per heavy atom. The summed E-state index contributed by atoms with van der Waals surface area (Å²) in [6.45, 7) is 1.91. The van der Waals surface area contributed by atoms with Crippen molar-refractivity contribution in [2.75, 3.05) is 0 Å². The van der Waals surface area contributed by atoms with Crippen molar-refractivity contribution < 1.29 is 0 Å². The summed E-state index contributed by atoms with van der Waals surface area (Å²) in [5.74, 6) is 0. The van der Waals surface area contributed by atoms with Crippen LogP contribution in [0.15, 0.2) is 24.4 Å². The fourth-order valence-corrected chi connectivity index (χ4v) is 1.60. The van der Waals surface area contributed by atoms with Gasteiger partial charge in [-0.3, -0.25) is 4.40 Å². The SMILES string of the molecule is CC(N)c1cnc2cccc(Cl)n12. The molecule has 2 aromatic rings. The van der Waals surface area contributed by atoms with Crippen molar-refractivity contribution in [1.82, 2.24) is 9.38 Å². The first-order valence-corrected chi connectivity index (χ1v) is 4.45. The van der Waals surface area contributed by atoms with E-state index in [-0.39, 0.29) is 6.04 Å². The molecule has 0 aliphatic carbocycles. The molecule has 2 N–H and O–H groups in total. The van der Waals surface area contributed by atoms with E-state index in [9.17, 15) is 0 Å². The lowest BCUT2D eigenvalue weighted by Crippen LogP contribution is -2.08. The highest BCUT2D eigenvalue weighted by atomic mass is 35.5. The Balaban J connectivity index is 2.79. The Hall–Kier alpha value is -1.06. The number of nitrogens with zero attached hydrogens (tertiary/aromatic N) is 2. The molecular formula is C9H10ClN3. The van der Waals surface area contributed by atoms with Crippen LogP contribution in [0, 0.1) is 0 Å². The number of imidazole rings is 1. The van der Waals surface area contributed by atoms with Crippen molar-refractivity contribution in [3.8, 4) is 0 Å². The molecule has 0 amide bonds. The summed E-state index contributed by atoms with van der Waals surface area (Å²) in [5, 5.41) is 0.641. The molecule has 13 heavy (non-hydrogen) atoms. The molecule has 0 saturated carbocycles. The highest BCUT2D eigenvalue weighted by molar-refractivity contribution is 6.29. The van der Waals surface area contributed by atoms with E-state index in [0.29, 0.717) is 5.15 Å². The quantitative estimate of drug-likeness (QED) is 0.708. The van der Waals surface area contributed by atoms with Crippen molar-refractivity contribution in [2.24, 2.45) is 5.73 Å². The van der Waals surface area contributed by atoms with Crippen LogP contribution in [0.2, 0.25) is 5.15 Å². The van der Waals surface area contributed by atoms with Gasteiger partial charge in [0.05, 0.1) is 11.9 Å². The van der Waals surface area contributed by atoms with Crippen molar-refractivity contribution in [3.05, 3.63) is 35.2 Å². The average molecular weight is 196 g/mol. The van der Waals surface area contributed by atoms with Crippen LogP contribution in [-0.4, -0.2) is 9.38 Å². The normalized spacial score (nSPS) is 13.5. The maximum atomic E-state index is 6.02. The zero-order chi connectivity index (χ0) is 9.42. The molecule has 0 aliphatic heterocycles.